The third-order valence-corrected chi connectivity index (χ3v) is 2.31. The summed E-state index contributed by atoms with van der Waals surface area (Å²) in [4.78, 5) is 21.6. The van der Waals surface area contributed by atoms with Gasteiger partial charge in [0.25, 0.3) is 0 Å². The highest BCUT2D eigenvalue weighted by atomic mass is 16.6. The van der Waals surface area contributed by atoms with Gasteiger partial charge in [-0.25, -0.2) is 0 Å². The van der Waals surface area contributed by atoms with E-state index in [1.165, 1.54) is 4.68 Å². The van der Waals surface area contributed by atoms with E-state index in [0.29, 0.717) is 12.2 Å². The van der Waals surface area contributed by atoms with Crippen molar-refractivity contribution in [2.45, 2.75) is 26.8 Å². The van der Waals surface area contributed by atoms with E-state index in [9.17, 15) is 14.9 Å². The molecule has 0 radical (unpaired) electrons. The fourth-order valence-electron chi connectivity index (χ4n) is 1.42. The number of likely N-dealkylation sites (N-methyl/N-ethyl adjacent to an activating group) is 1. The van der Waals surface area contributed by atoms with Crippen LogP contribution in [-0.4, -0.2) is 27.2 Å². The van der Waals surface area contributed by atoms with E-state index in [-0.39, 0.29) is 11.6 Å². The van der Waals surface area contributed by atoms with Crippen LogP contribution >= 0.6 is 0 Å². The van der Waals surface area contributed by atoms with Gasteiger partial charge in [0.2, 0.25) is 5.91 Å². The van der Waals surface area contributed by atoms with Crippen molar-refractivity contribution in [3.05, 3.63) is 22.0 Å². The van der Waals surface area contributed by atoms with Gasteiger partial charge in [-0.3, -0.25) is 19.6 Å². The molecule has 16 heavy (non-hydrogen) atoms. The molecule has 1 amide bonds. The van der Waals surface area contributed by atoms with Gasteiger partial charge >= 0.3 is 5.69 Å². The highest BCUT2D eigenvalue weighted by molar-refractivity contribution is 5.79. The molecule has 1 heterocycles. The highest BCUT2D eigenvalue weighted by Crippen LogP contribution is 2.19. The number of hydrogen-bond donors (Lipinski definition) is 1. The second-order valence-electron chi connectivity index (χ2n) is 3.39. The maximum atomic E-state index is 11.5. The molecule has 0 spiro atoms. The fourth-order valence-corrected chi connectivity index (χ4v) is 1.42. The largest absolute Gasteiger partial charge is 0.355 e. The van der Waals surface area contributed by atoms with Crippen molar-refractivity contribution < 1.29 is 9.72 Å². The van der Waals surface area contributed by atoms with Crippen LogP contribution in [0, 0.1) is 17.0 Å². The Kier molecular flexibility index (Phi) is 3.60. The molecule has 1 aromatic rings. The molecule has 0 aliphatic rings. The number of aromatic nitrogens is 2. The molecule has 0 fully saturated rings. The molecule has 1 aromatic heterocycles. The lowest BCUT2D eigenvalue weighted by Crippen LogP contribution is -2.31. The average Bonchev–Trinajstić information content (AvgIpc) is 2.59. The molecule has 0 aromatic carbocycles. The topological polar surface area (TPSA) is 90.1 Å². The van der Waals surface area contributed by atoms with Gasteiger partial charge in [-0.15, -0.1) is 0 Å². The maximum Gasteiger partial charge on any atom is 0.309 e. The van der Waals surface area contributed by atoms with E-state index in [0.717, 1.165) is 6.20 Å². The molecule has 1 rings (SSSR count). The first-order valence-electron chi connectivity index (χ1n) is 4.95. The van der Waals surface area contributed by atoms with E-state index < -0.39 is 11.0 Å². The summed E-state index contributed by atoms with van der Waals surface area (Å²) in [6.07, 6.45) is 1.16. The van der Waals surface area contributed by atoms with Crippen molar-refractivity contribution in [2.75, 3.05) is 6.54 Å². The Morgan fingerprint density at radius 1 is 1.75 bits per heavy atom. The van der Waals surface area contributed by atoms with Crippen LogP contribution in [0.25, 0.3) is 0 Å². The van der Waals surface area contributed by atoms with Crippen molar-refractivity contribution in [3.8, 4) is 0 Å². The molecular weight excluding hydrogens is 212 g/mol. The number of nitro groups is 1. The number of carbonyl (C=O) groups excluding carboxylic acids is 1. The highest BCUT2D eigenvalue weighted by Gasteiger charge is 2.22. The van der Waals surface area contributed by atoms with Gasteiger partial charge in [0.15, 0.2) is 0 Å². The van der Waals surface area contributed by atoms with Gasteiger partial charge in [-0.1, -0.05) is 0 Å². The molecule has 1 N–H and O–H groups in total. The predicted octanol–water partition coefficient (Wildman–Crippen LogP) is 0.797. The van der Waals surface area contributed by atoms with Gasteiger partial charge in [-0.2, -0.15) is 5.10 Å². The zero-order valence-electron chi connectivity index (χ0n) is 9.43. The Bertz CT molecular complexity index is 413. The van der Waals surface area contributed by atoms with E-state index >= 15 is 0 Å². The summed E-state index contributed by atoms with van der Waals surface area (Å²) in [6.45, 7) is 5.55. The zero-order valence-corrected chi connectivity index (χ0v) is 9.43. The summed E-state index contributed by atoms with van der Waals surface area (Å²) in [6, 6.07) is -0.548. The van der Waals surface area contributed by atoms with Gasteiger partial charge in [0.1, 0.15) is 17.9 Å². The van der Waals surface area contributed by atoms with Crippen LogP contribution in [0.1, 0.15) is 25.6 Å². The van der Waals surface area contributed by atoms with Gasteiger partial charge in [-0.05, 0) is 20.8 Å². The lowest BCUT2D eigenvalue weighted by atomic mass is 10.3. The van der Waals surface area contributed by atoms with Crippen LogP contribution in [0.2, 0.25) is 0 Å². The Hall–Kier alpha value is -1.92. The Morgan fingerprint density at radius 3 is 2.81 bits per heavy atom. The Labute approximate surface area is 92.6 Å². The number of amides is 1. The normalized spacial score (nSPS) is 12.2. The zero-order chi connectivity index (χ0) is 12.3. The molecule has 0 aliphatic heterocycles. The minimum atomic E-state index is -0.548. The van der Waals surface area contributed by atoms with Crippen LogP contribution in [0.15, 0.2) is 6.20 Å². The second kappa shape index (κ2) is 4.73. The first kappa shape index (κ1) is 12.2. The number of carbonyl (C=O) groups is 1. The molecule has 0 bridgehead atoms. The quantitative estimate of drug-likeness (QED) is 0.607. The summed E-state index contributed by atoms with van der Waals surface area (Å²) in [5.41, 5.74) is 0.305. The van der Waals surface area contributed by atoms with Crippen molar-refractivity contribution in [1.82, 2.24) is 15.1 Å². The Balaban J connectivity index is 2.96. The number of nitrogens with zero attached hydrogens (tertiary/aromatic N) is 3. The van der Waals surface area contributed by atoms with Crippen molar-refractivity contribution in [1.29, 1.82) is 0 Å². The van der Waals surface area contributed by atoms with Crippen LogP contribution in [0.4, 0.5) is 5.69 Å². The fraction of sp³-hybridized carbons (Fsp3) is 0.556. The maximum absolute atomic E-state index is 11.5. The monoisotopic (exact) mass is 226 g/mol. The molecule has 0 aliphatic carbocycles. The van der Waals surface area contributed by atoms with Crippen LogP contribution in [-0.2, 0) is 4.79 Å². The summed E-state index contributed by atoms with van der Waals surface area (Å²) >= 11 is 0. The molecule has 0 saturated heterocycles. The minimum absolute atomic E-state index is 0.0730. The second-order valence-corrected chi connectivity index (χ2v) is 3.39. The number of hydrogen-bond acceptors (Lipinski definition) is 4. The lowest BCUT2D eigenvalue weighted by molar-refractivity contribution is -0.385. The van der Waals surface area contributed by atoms with Gasteiger partial charge < -0.3 is 5.32 Å². The molecular formula is C9H14N4O3. The van der Waals surface area contributed by atoms with Gasteiger partial charge in [0, 0.05) is 6.54 Å². The number of rotatable bonds is 4. The van der Waals surface area contributed by atoms with E-state index in [1.807, 2.05) is 6.92 Å². The van der Waals surface area contributed by atoms with E-state index in [2.05, 4.69) is 10.4 Å². The average molecular weight is 226 g/mol. The molecule has 7 nitrogen and oxygen atoms in total. The summed E-state index contributed by atoms with van der Waals surface area (Å²) in [5.74, 6) is -0.205. The van der Waals surface area contributed by atoms with Gasteiger partial charge in [0.05, 0.1) is 4.92 Å². The molecule has 1 unspecified atom stereocenters. The van der Waals surface area contributed by atoms with Crippen LogP contribution in [0.3, 0.4) is 0 Å². The van der Waals surface area contributed by atoms with E-state index in [4.69, 9.17) is 0 Å². The SMILES string of the molecule is CCNC(=O)C(C)n1ncc([N+](=O)[O-])c1C. The predicted molar refractivity (Wildman–Crippen MR) is 57.0 cm³/mol. The smallest absolute Gasteiger partial charge is 0.309 e. The Morgan fingerprint density at radius 2 is 2.38 bits per heavy atom. The number of nitrogens with one attached hydrogen (secondary N) is 1. The molecule has 7 heteroatoms. The minimum Gasteiger partial charge on any atom is -0.355 e. The standard InChI is InChI=1S/C9H14N4O3/c1-4-10-9(14)7(3)12-6(2)8(5-11-12)13(15)16/h5,7H,4H2,1-3H3,(H,10,14). The van der Waals surface area contributed by atoms with E-state index in [1.54, 1.807) is 13.8 Å². The first-order chi connectivity index (χ1) is 7.49. The van der Waals surface area contributed by atoms with Crippen molar-refractivity contribution >= 4 is 11.6 Å². The van der Waals surface area contributed by atoms with Crippen molar-refractivity contribution in [3.63, 3.8) is 0 Å². The summed E-state index contributed by atoms with van der Waals surface area (Å²) in [7, 11) is 0. The summed E-state index contributed by atoms with van der Waals surface area (Å²) < 4.78 is 1.35. The first-order valence-corrected chi connectivity index (χ1v) is 4.95. The third-order valence-electron chi connectivity index (χ3n) is 2.31. The lowest BCUT2D eigenvalue weighted by Gasteiger charge is -2.12. The molecule has 1 atom stereocenters. The summed E-state index contributed by atoms with van der Waals surface area (Å²) in [5, 5.41) is 17.1. The van der Waals surface area contributed by atoms with Crippen LogP contribution < -0.4 is 5.32 Å². The van der Waals surface area contributed by atoms with Crippen LogP contribution in [0.5, 0.6) is 0 Å². The molecule has 0 saturated carbocycles. The molecule has 88 valence electrons. The van der Waals surface area contributed by atoms with Crippen molar-refractivity contribution in [2.24, 2.45) is 0 Å². The third kappa shape index (κ3) is 2.18.